The van der Waals surface area contributed by atoms with Crippen LogP contribution < -0.4 is 4.74 Å². The molecule has 0 aliphatic carbocycles. The molecule has 0 spiro atoms. The van der Waals surface area contributed by atoms with Crippen molar-refractivity contribution in [3.8, 4) is 16.9 Å². The second-order valence-corrected chi connectivity index (χ2v) is 4.10. The van der Waals surface area contributed by atoms with Gasteiger partial charge in [-0.3, -0.25) is 0 Å². The Balaban J connectivity index is 2.51. The second kappa shape index (κ2) is 5.54. The molecule has 0 radical (unpaired) electrons. The summed E-state index contributed by atoms with van der Waals surface area (Å²) in [5, 5.41) is 18.3. The van der Waals surface area contributed by atoms with Gasteiger partial charge in [-0.2, -0.15) is 0 Å². The Bertz CT molecular complexity index is 576. The van der Waals surface area contributed by atoms with Crippen LogP contribution in [0.15, 0.2) is 48.5 Å². The number of carboxylic acids is 1. The number of aliphatic hydroxyl groups excluding tert-OH is 1. The first-order valence-electron chi connectivity index (χ1n) is 5.85. The summed E-state index contributed by atoms with van der Waals surface area (Å²) in [6, 6.07) is 14.0. The monoisotopic (exact) mass is 258 g/mol. The van der Waals surface area contributed by atoms with Gasteiger partial charge in [0.05, 0.1) is 5.56 Å². The number of hydrogen-bond donors (Lipinski definition) is 2. The molecule has 2 aromatic rings. The van der Waals surface area contributed by atoms with Gasteiger partial charge in [0, 0.05) is 5.56 Å². The molecule has 0 bridgehead atoms. The zero-order valence-electron chi connectivity index (χ0n) is 10.4. The van der Waals surface area contributed by atoms with Crippen LogP contribution in [0.5, 0.6) is 5.75 Å². The van der Waals surface area contributed by atoms with Crippen molar-refractivity contribution in [1.29, 1.82) is 0 Å². The molecule has 4 nitrogen and oxygen atoms in total. The fourth-order valence-corrected chi connectivity index (χ4v) is 1.79. The Labute approximate surface area is 110 Å². The summed E-state index contributed by atoms with van der Waals surface area (Å²) >= 11 is 0. The normalized spacial score (nSPS) is 11.9. The average Bonchev–Trinajstić information content (AvgIpc) is 2.39. The van der Waals surface area contributed by atoms with E-state index in [1.165, 1.54) is 19.1 Å². The van der Waals surface area contributed by atoms with Crippen LogP contribution in [-0.2, 0) is 0 Å². The third-order valence-corrected chi connectivity index (χ3v) is 2.61. The zero-order valence-corrected chi connectivity index (χ0v) is 10.4. The molecule has 0 aliphatic rings. The fourth-order valence-electron chi connectivity index (χ4n) is 1.79. The van der Waals surface area contributed by atoms with Gasteiger partial charge in [0.2, 0.25) is 0 Å². The van der Waals surface area contributed by atoms with Crippen molar-refractivity contribution in [2.45, 2.75) is 13.2 Å². The predicted molar refractivity (Wildman–Crippen MR) is 71.1 cm³/mol. The van der Waals surface area contributed by atoms with Gasteiger partial charge in [0.25, 0.3) is 0 Å². The summed E-state index contributed by atoms with van der Waals surface area (Å²) < 4.78 is 5.28. The third kappa shape index (κ3) is 3.11. The molecule has 1 unspecified atom stereocenters. The number of benzene rings is 2. The maximum absolute atomic E-state index is 11.0. The van der Waals surface area contributed by atoms with Gasteiger partial charge in [-0.15, -0.1) is 0 Å². The van der Waals surface area contributed by atoms with E-state index in [1.54, 1.807) is 6.07 Å². The predicted octanol–water partition coefficient (Wildman–Crippen LogP) is 2.77. The number of ether oxygens (including phenoxy) is 1. The molecular weight excluding hydrogens is 244 g/mol. The van der Waals surface area contributed by atoms with Gasteiger partial charge in [0.1, 0.15) is 5.75 Å². The summed E-state index contributed by atoms with van der Waals surface area (Å²) in [6.45, 7) is 1.47. The molecule has 0 saturated heterocycles. The highest BCUT2D eigenvalue weighted by Crippen LogP contribution is 2.31. The maximum atomic E-state index is 11.0. The molecule has 4 heteroatoms. The first-order valence-corrected chi connectivity index (χ1v) is 5.85. The molecule has 0 heterocycles. The van der Waals surface area contributed by atoms with Crippen molar-refractivity contribution in [3.05, 3.63) is 54.1 Å². The topological polar surface area (TPSA) is 66.8 Å². The van der Waals surface area contributed by atoms with E-state index < -0.39 is 12.3 Å². The summed E-state index contributed by atoms with van der Waals surface area (Å²) in [5.41, 5.74) is 1.76. The van der Waals surface area contributed by atoms with Crippen molar-refractivity contribution in [2.24, 2.45) is 0 Å². The van der Waals surface area contributed by atoms with E-state index in [0.717, 1.165) is 11.1 Å². The van der Waals surface area contributed by atoms with Crippen LogP contribution in [0.25, 0.3) is 11.1 Å². The lowest BCUT2D eigenvalue weighted by Gasteiger charge is -2.14. The van der Waals surface area contributed by atoms with Gasteiger partial charge >= 0.3 is 5.97 Å². The van der Waals surface area contributed by atoms with Crippen molar-refractivity contribution in [1.82, 2.24) is 0 Å². The molecule has 0 saturated carbocycles. The lowest BCUT2D eigenvalue weighted by molar-refractivity contribution is 0.00000699. The van der Waals surface area contributed by atoms with E-state index in [0.29, 0.717) is 5.75 Å². The molecule has 2 rings (SSSR count). The van der Waals surface area contributed by atoms with Crippen LogP contribution in [0.4, 0.5) is 0 Å². The van der Waals surface area contributed by atoms with Crippen molar-refractivity contribution in [2.75, 3.05) is 0 Å². The van der Waals surface area contributed by atoms with Crippen LogP contribution in [0, 0.1) is 0 Å². The van der Waals surface area contributed by atoms with Crippen LogP contribution >= 0.6 is 0 Å². The number of aromatic carboxylic acids is 1. The van der Waals surface area contributed by atoms with Crippen LogP contribution in [0.1, 0.15) is 17.3 Å². The molecule has 98 valence electrons. The molecule has 2 N–H and O–H groups in total. The van der Waals surface area contributed by atoms with Crippen molar-refractivity contribution >= 4 is 5.97 Å². The molecule has 0 fully saturated rings. The number of carbonyl (C=O) groups is 1. The van der Waals surface area contributed by atoms with Crippen LogP contribution in [0.3, 0.4) is 0 Å². The van der Waals surface area contributed by atoms with E-state index >= 15 is 0 Å². The van der Waals surface area contributed by atoms with E-state index in [9.17, 15) is 9.90 Å². The van der Waals surface area contributed by atoms with Gasteiger partial charge in [-0.1, -0.05) is 30.3 Å². The number of rotatable bonds is 4. The summed E-state index contributed by atoms with van der Waals surface area (Å²) in [7, 11) is 0. The lowest BCUT2D eigenvalue weighted by atomic mass is 10.0. The highest BCUT2D eigenvalue weighted by molar-refractivity contribution is 5.89. The van der Waals surface area contributed by atoms with Crippen LogP contribution in [0.2, 0.25) is 0 Å². The van der Waals surface area contributed by atoms with Gasteiger partial charge in [0.15, 0.2) is 6.29 Å². The molecule has 0 aliphatic heterocycles. The molecule has 1 atom stereocenters. The highest BCUT2D eigenvalue weighted by Gasteiger charge is 2.12. The van der Waals surface area contributed by atoms with Gasteiger partial charge < -0.3 is 14.9 Å². The summed E-state index contributed by atoms with van der Waals surface area (Å²) in [5.74, 6) is -0.684. The molecule has 2 aromatic carbocycles. The van der Waals surface area contributed by atoms with E-state index in [-0.39, 0.29) is 5.56 Å². The third-order valence-electron chi connectivity index (χ3n) is 2.61. The highest BCUT2D eigenvalue weighted by atomic mass is 16.6. The Morgan fingerprint density at radius 2 is 1.84 bits per heavy atom. The van der Waals surface area contributed by atoms with Crippen molar-refractivity contribution in [3.63, 3.8) is 0 Å². The second-order valence-electron chi connectivity index (χ2n) is 4.10. The number of carboxylic acid groups (broad SMARTS) is 1. The summed E-state index contributed by atoms with van der Waals surface area (Å²) in [6.07, 6.45) is -1.01. The number of aliphatic hydroxyl groups is 1. The van der Waals surface area contributed by atoms with Crippen molar-refractivity contribution < 1.29 is 19.7 Å². The first kappa shape index (κ1) is 13.1. The van der Waals surface area contributed by atoms with E-state index in [4.69, 9.17) is 9.84 Å². The maximum Gasteiger partial charge on any atom is 0.335 e. The minimum Gasteiger partial charge on any atom is -0.478 e. The summed E-state index contributed by atoms with van der Waals surface area (Å²) in [4.78, 5) is 11.0. The van der Waals surface area contributed by atoms with Gasteiger partial charge in [-0.05, 0) is 30.7 Å². The fraction of sp³-hybridized carbons (Fsp3) is 0.133. The van der Waals surface area contributed by atoms with Gasteiger partial charge in [-0.25, -0.2) is 4.79 Å². The standard InChI is InChI=1S/C15H14O4/c1-10(16)19-14-9-12(15(17)18)7-8-13(14)11-5-3-2-4-6-11/h2-10,16H,1H3,(H,17,18). The number of hydrogen-bond acceptors (Lipinski definition) is 3. The quantitative estimate of drug-likeness (QED) is 0.827. The molecule has 0 amide bonds. The molecule has 0 aromatic heterocycles. The smallest absolute Gasteiger partial charge is 0.335 e. The minimum absolute atomic E-state index is 0.121. The first-order chi connectivity index (χ1) is 9.08. The SMILES string of the molecule is CC(O)Oc1cc(C(=O)O)ccc1-c1ccccc1. The Morgan fingerprint density at radius 3 is 2.42 bits per heavy atom. The lowest BCUT2D eigenvalue weighted by Crippen LogP contribution is -2.11. The average molecular weight is 258 g/mol. The minimum atomic E-state index is -1.03. The largest absolute Gasteiger partial charge is 0.478 e. The molecular formula is C15H14O4. The van der Waals surface area contributed by atoms with Crippen LogP contribution in [-0.4, -0.2) is 22.5 Å². The Morgan fingerprint density at radius 1 is 1.16 bits per heavy atom. The Kier molecular flexibility index (Phi) is 3.82. The van der Waals surface area contributed by atoms with E-state index in [1.807, 2.05) is 30.3 Å². The Hall–Kier alpha value is -2.33. The van der Waals surface area contributed by atoms with E-state index in [2.05, 4.69) is 0 Å². The molecule has 19 heavy (non-hydrogen) atoms. The zero-order chi connectivity index (χ0) is 13.8.